The predicted octanol–water partition coefficient (Wildman–Crippen LogP) is 2.00. The molecule has 0 fully saturated rings. The normalized spacial score (nSPS) is 13.2. The number of hydrogen-bond donors (Lipinski definition) is 1. The molecule has 0 saturated carbocycles. The Kier molecular flexibility index (Phi) is 4.14. The van der Waals surface area contributed by atoms with E-state index >= 15 is 0 Å². The summed E-state index contributed by atoms with van der Waals surface area (Å²) in [5.74, 6) is 0.0138. The molecular formula is C15H15N3O4S2. The topological polar surface area (TPSA) is 116 Å². The molecule has 2 aromatic heterocycles. The Morgan fingerprint density at radius 1 is 1.29 bits per heavy atom. The lowest BCUT2D eigenvalue weighted by Crippen LogP contribution is -2.08. The molecule has 0 spiro atoms. The fraction of sp³-hybridized carbons (Fsp3) is 0.200. The molecule has 0 amide bonds. The Morgan fingerprint density at radius 2 is 2.04 bits per heavy atom. The number of aromatic nitrogens is 2. The molecule has 0 radical (unpaired) electrons. The van der Waals surface area contributed by atoms with Gasteiger partial charge in [-0.3, -0.25) is 4.21 Å². The molecule has 126 valence electrons. The average molecular weight is 365 g/mol. The van der Waals surface area contributed by atoms with Crippen molar-refractivity contribution in [2.45, 2.75) is 16.7 Å². The monoisotopic (exact) mass is 365 g/mol. The molecule has 0 aliphatic heterocycles. The van der Waals surface area contributed by atoms with Gasteiger partial charge < -0.3 is 10.2 Å². The van der Waals surface area contributed by atoms with Gasteiger partial charge in [0.15, 0.2) is 15.4 Å². The van der Waals surface area contributed by atoms with E-state index in [1.807, 2.05) is 0 Å². The van der Waals surface area contributed by atoms with Crippen LogP contribution in [0.5, 0.6) is 0 Å². The van der Waals surface area contributed by atoms with Crippen molar-refractivity contribution in [1.29, 1.82) is 0 Å². The van der Waals surface area contributed by atoms with Gasteiger partial charge in [-0.15, -0.1) is 0 Å². The Morgan fingerprint density at radius 3 is 2.71 bits per heavy atom. The molecular weight excluding hydrogens is 350 g/mol. The van der Waals surface area contributed by atoms with Gasteiger partial charge in [0.2, 0.25) is 5.89 Å². The second-order valence-corrected chi connectivity index (χ2v) is 8.70. The summed E-state index contributed by atoms with van der Waals surface area (Å²) in [6.45, 7) is 1.55. The largest absolute Gasteiger partial charge is 0.436 e. The lowest BCUT2D eigenvalue weighted by molar-refractivity contribution is 0.593. The van der Waals surface area contributed by atoms with Crippen molar-refractivity contribution in [2.24, 2.45) is 0 Å². The number of anilines is 1. The zero-order valence-corrected chi connectivity index (χ0v) is 14.6. The van der Waals surface area contributed by atoms with Gasteiger partial charge in [0.05, 0.1) is 16.2 Å². The van der Waals surface area contributed by atoms with Gasteiger partial charge >= 0.3 is 0 Å². The first-order chi connectivity index (χ1) is 11.3. The summed E-state index contributed by atoms with van der Waals surface area (Å²) in [6, 6.07) is 6.33. The fourth-order valence-corrected chi connectivity index (χ4v) is 3.90. The average Bonchev–Trinajstić information content (AvgIpc) is 2.97. The predicted molar refractivity (Wildman–Crippen MR) is 91.7 cm³/mol. The number of nitrogens with zero attached hydrogens (tertiary/aromatic N) is 2. The lowest BCUT2D eigenvalue weighted by atomic mass is 10.2. The Labute approximate surface area is 141 Å². The van der Waals surface area contributed by atoms with Crippen molar-refractivity contribution in [1.82, 2.24) is 9.97 Å². The molecule has 2 N–H and O–H groups in total. The molecule has 0 bridgehead atoms. The minimum Gasteiger partial charge on any atom is -0.436 e. The number of rotatable bonds is 4. The van der Waals surface area contributed by atoms with Gasteiger partial charge in [0.25, 0.3) is 0 Å². The first-order valence-corrected chi connectivity index (χ1v) is 10.3. The quantitative estimate of drug-likeness (QED) is 0.751. The Balaban J connectivity index is 2.26. The minimum absolute atomic E-state index is 0.0235. The molecule has 0 aliphatic carbocycles. The third-order valence-electron chi connectivity index (χ3n) is 3.56. The molecule has 0 aliphatic rings. The number of sulfone groups is 1. The van der Waals surface area contributed by atoms with Crippen LogP contribution in [0.25, 0.3) is 22.6 Å². The first-order valence-electron chi connectivity index (χ1n) is 7.05. The van der Waals surface area contributed by atoms with Crippen molar-refractivity contribution in [3.8, 4) is 11.5 Å². The first kappa shape index (κ1) is 16.6. The second-order valence-electron chi connectivity index (χ2n) is 5.08. The van der Waals surface area contributed by atoms with Crippen molar-refractivity contribution < 1.29 is 17.0 Å². The molecule has 1 atom stereocenters. The molecule has 24 heavy (non-hydrogen) atoms. The number of nitrogens with two attached hydrogens (primary N) is 1. The van der Waals surface area contributed by atoms with Crippen molar-refractivity contribution in [2.75, 3.05) is 17.7 Å². The zero-order valence-electron chi connectivity index (χ0n) is 13.0. The van der Waals surface area contributed by atoms with E-state index in [4.69, 9.17) is 10.2 Å². The van der Waals surface area contributed by atoms with Crippen LogP contribution in [0.1, 0.15) is 6.92 Å². The highest BCUT2D eigenvalue weighted by Gasteiger charge is 2.24. The van der Waals surface area contributed by atoms with E-state index in [1.165, 1.54) is 12.3 Å². The highest BCUT2D eigenvalue weighted by molar-refractivity contribution is 7.91. The number of pyridine rings is 1. The van der Waals surface area contributed by atoms with Gasteiger partial charge in [-0.1, -0.05) is 6.92 Å². The maximum Gasteiger partial charge on any atom is 0.232 e. The third kappa shape index (κ3) is 2.80. The van der Waals surface area contributed by atoms with E-state index in [2.05, 4.69) is 9.97 Å². The molecule has 7 nitrogen and oxygen atoms in total. The van der Waals surface area contributed by atoms with E-state index in [0.717, 1.165) is 0 Å². The summed E-state index contributed by atoms with van der Waals surface area (Å²) in [7, 11) is -4.69. The van der Waals surface area contributed by atoms with Gasteiger partial charge in [0, 0.05) is 28.1 Å². The second kappa shape index (κ2) is 5.99. The number of benzene rings is 1. The summed E-state index contributed by atoms with van der Waals surface area (Å²) in [4.78, 5) is 8.89. The maximum atomic E-state index is 12.3. The van der Waals surface area contributed by atoms with Crippen LogP contribution in [0.2, 0.25) is 0 Å². The number of hydrogen-bond acceptors (Lipinski definition) is 7. The van der Waals surface area contributed by atoms with E-state index in [-0.39, 0.29) is 27.9 Å². The fourth-order valence-electron chi connectivity index (χ4n) is 2.28. The highest BCUT2D eigenvalue weighted by atomic mass is 32.2. The highest BCUT2D eigenvalue weighted by Crippen LogP contribution is 2.33. The maximum absolute atomic E-state index is 12.3. The van der Waals surface area contributed by atoms with Crippen LogP contribution in [-0.4, -0.2) is 34.6 Å². The third-order valence-corrected chi connectivity index (χ3v) is 6.25. The summed E-state index contributed by atoms with van der Waals surface area (Å²) in [6.07, 6.45) is 2.90. The van der Waals surface area contributed by atoms with Crippen LogP contribution in [-0.2, 0) is 20.6 Å². The van der Waals surface area contributed by atoms with Crippen LogP contribution in [0.15, 0.2) is 44.7 Å². The molecule has 1 aromatic carbocycles. The Bertz CT molecular complexity index is 1060. The molecule has 1 unspecified atom stereocenters. The van der Waals surface area contributed by atoms with Crippen LogP contribution in [0.3, 0.4) is 0 Å². The number of fused-ring (bicyclic) bond motifs is 1. The van der Waals surface area contributed by atoms with Crippen LogP contribution in [0, 0.1) is 0 Å². The SMILES string of the molecule is CCS(=O)(=O)c1ccnc(N)c1-c1nc2cc(S(C)=O)ccc2o1. The van der Waals surface area contributed by atoms with Gasteiger partial charge in [-0.05, 0) is 24.3 Å². The van der Waals surface area contributed by atoms with E-state index < -0.39 is 20.6 Å². The van der Waals surface area contributed by atoms with Crippen molar-refractivity contribution >= 4 is 37.6 Å². The van der Waals surface area contributed by atoms with Gasteiger partial charge in [-0.2, -0.15) is 0 Å². The molecule has 9 heteroatoms. The van der Waals surface area contributed by atoms with Crippen molar-refractivity contribution in [3.05, 3.63) is 30.5 Å². The van der Waals surface area contributed by atoms with Gasteiger partial charge in [0.1, 0.15) is 11.3 Å². The van der Waals surface area contributed by atoms with Crippen LogP contribution < -0.4 is 5.73 Å². The number of oxazole rings is 1. The minimum atomic E-state index is -3.53. The van der Waals surface area contributed by atoms with E-state index in [1.54, 1.807) is 31.4 Å². The Hall–Kier alpha value is -2.26. The summed E-state index contributed by atoms with van der Waals surface area (Å²) >= 11 is 0. The lowest BCUT2D eigenvalue weighted by Gasteiger charge is -2.08. The molecule has 3 rings (SSSR count). The summed E-state index contributed by atoms with van der Waals surface area (Å²) in [5, 5.41) is 0. The van der Waals surface area contributed by atoms with Crippen LogP contribution in [0.4, 0.5) is 5.82 Å². The molecule has 2 heterocycles. The molecule has 0 saturated heterocycles. The summed E-state index contributed by atoms with van der Waals surface area (Å²) in [5.41, 5.74) is 6.95. The summed E-state index contributed by atoms with van der Waals surface area (Å²) < 4.78 is 41.9. The van der Waals surface area contributed by atoms with Crippen molar-refractivity contribution in [3.63, 3.8) is 0 Å². The van der Waals surface area contributed by atoms with Gasteiger partial charge in [-0.25, -0.2) is 18.4 Å². The molecule has 3 aromatic rings. The van der Waals surface area contributed by atoms with Crippen LogP contribution >= 0.6 is 0 Å². The zero-order chi connectivity index (χ0) is 17.5. The van der Waals surface area contributed by atoms with E-state index in [9.17, 15) is 12.6 Å². The standard InChI is InChI=1S/C15H15N3O4S2/c1-3-24(20,21)12-6-7-17-14(16)13(12)15-18-10-8-9(23(2)19)4-5-11(10)22-15/h4-8H,3H2,1-2H3,(H2,16,17). The van der Waals surface area contributed by atoms with E-state index in [0.29, 0.717) is 16.0 Å². The number of nitrogen functional groups attached to an aromatic ring is 1. The smallest absolute Gasteiger partial charge is 0.232 e.